The maximum absolute atomic E-state index is 12.6. The molecule has 0 aliphatic carbocycles. The van der Waals surface area contributed by atoms with Gasteiger partial charge < -0.3 is 9.42 Å². The van der Waals surface area contributed by atoms with Gasteiger partial charge in [0.05, 0.1) is 0 Å². The molecule has 4 rings (SSSR count). The summed E-state index contributed by atoms with van der Waals surface area (Å²) < 4.78 is 5.31. The number of rotatable bonds is 8. The van der Waals surface area contributed by atoms with Gasteiger partial charge in [0.2, 0.25) is 17.6 Å². The Morgan fingerprint density at radius 3 is 2.63 bits per heavy atom. The molecule has 1 saturated heterocycles. The van der Waals surface area contributed by atoms with Gasteiger partial charge in [0.1, 0.15) is 0 Å². The van der Waals surface area contributed by atoms with Gasteiger partial charge in [0.25, 0.3) is 0 Å². The predicted molar refractivity (Wildman–Crippen MR) is 116 cm³/mol. The van der Waals surface area contributed by atoms with Crippen molar-refractivity contribution in [2.45, 2.75) is 25.8 Å². The summed E-state index contributed by atoms with van der Waals surface area (Å²) in [6.45, 7) is 3.90. The van der Waals surface area contributed by atoms with Crippen LogP contribution in [0, 0.1) is 5.92 Å². The first-order valence-electron chi connectivity index (χ1n) is 10.6. The molecule has 1 atom stereocenters. The molecule has 0 bridgehead atoms. The molecule has 1 aliphatic heterocycles. The summed E-state index contributed by atoms with van der Waals surface area (Å²) in [4.78, 5) is 21.3. The molecule has 2 aromatic carbocycles. The largest absolute Gasteiger partial charge is 0.345 e. The summed E-state index contributed by atoms with van der Waals surface area (Å²) in [5.41, 5.74) is 2.26. The zero-order valence-electron chi connectivity index (χ0n) is 17.4. The molecule has 30 heavy (non-hydrogen) atoms. The Labute approximate surface area is 177 Å². The molecule has 0 radical (unpaired) electrons. The second-order valence-corrected chi connectivity index (χ2v) is 8.03. The van der Waals surface area contributed by atoms with Crippen LogP contribution in [0.15, 0.2) is 65.2 Å². The van der Waals surface area contributed by atoms with E-state index in [1.54, 1.807) is 0 Å². The van der Waals surface area contributed by atoms with Crippen LogP contribution < -0.4 is 0 Å². The summed E-state index contributed by atoms with van der Waals surface area (Å²) >= 11 is 0. The lowest BCUT2D eigenvalue weighted by atomic mass is 10.1. The van der Waals surface area contributed by atoms with Crippen molar-refractivity contribution in [3.05, 3.63) is 72.1 Å². The summed E-state index contributed by atoms with van der Waals surface area (Å²) in [7, 11) is 1.89. The smallest absolute Gasteiger partial charge is 0.227 e. The van der Waals surface area contributed by atoms with Crippen LogP contribution in [0.3, 0.4) is 0 Å². The molecule has 6 heteroatoms. The number of benzene rings is 2. The number of aryl methyl sites for hydroxylation is 1. The maximum Gasteiger partial charge on any atom is 0.227 e. The molecular formula is C24H28N4O2. The van der Waals surface area contributed by atoms with Gasteiger partial charge in [-0.3, -0.25) is 9.69 Å². The van der Waals surface area contributed by atoms with E-state index in [1.807, 2.05) is 48.3 Å². The Hall–Kier alpha value is -2.99. The van der Waals surface area contributed by atoms with Crippen molar-refractivity contribution in [1.29, 1.82) is 0 Å². The molecule has 1 amide bonds. The molecule has 1 aliphatic rings. The molecule has 2 heterocycles. The summed E-state index contributed by atoms with van der Waals surface area (Å²) in [5, 5.41) is 4.02. The van der Waals surface area contributed by atoms with E-state index in [0.29, 0.717) is 30.5 Å². The van der Waals surface area contributed by atoms with E-state index in [1.165, 1.54) is 5.56 Å². The number of likely N-dealkylation sites (tertiary alicyclic amines) is 1. The fourth-order valence-electron chi connectivity index (χ4n) is 4.00. The Kier molecular flexibility index (Phi) is 6.54. The van der Waals surface area contributed by atoms with Crippen LogP contribution in [-0.2, 0) is 17.8 Å². The van der Waals surface area contributed by atoms with Crippen LogP contribution in [0.25, 0.3) is 11.4 Å². The first kappa shape index (κ1) is 20.3. The summed E-state index contributed by atoms with van der Waals surface area (Å²) in [6, 6.07) is 20.3. The third-order valence-electron chi connectivity index (χ3n) is 5.63. The first-order chi connectivity index (χ1) is 14.7. The molecule has 0 unspecified atom stereocenters. The van der Waals surface area contributed by atoms with E-state index in [4.69, 9.17) is 4.52 Å². The van der Waals surface area contributed by atoms with Crippen LogP contribution in [-0.4, -0.2) is 52.5 Å². The Balaban J connectivity index is 1.21. The molecule has 1 aromatic heterocycles. The Bertz CT molecular complexity index is 942. The third kappa shape index (κ3) is 5.33. The van der Waals surface area contributed by atoms with Crippen molar-refractivity contribution in [3.63, 3.8) is 0 Å². The highest BCUT2D eigenvalue weighted by Gasteiger charge is 2.25. The molecule has 6 nitrogen and oxygen atoms in total. The zero-order chi connectivity index (χ0) is 20.8. The number of amides is 1. The number of hydrogen-bond donors (Lipinski definition) is 0. The minimum atomic E-state index is 0.121. The Morgan fingerprint density at radius 1 is 1.13 bits per heavy atom. The van der Waals surface area contributed by atoms with Crippen LogP contribution in [0.5, 0.6) is 0 Å². The molecule has 3 aromatic rings. The number of carbonyl (C=O) groups is 1. The van der Waals surface area contributed by atoms with Crippen LogP contribution in [0.2, 0.25) is 0 Å². The van der Waals surface area contributed by atoms with Crippen molar-refractivity contribution in [2.75, 3.05) is 26.7 Å². The number of nitrogens with zero attached hydrogens (tertiary/aromatic N) is 4. The second kappa shape index (κ2) is 9.67. The van der Waals surface area contributed by atoms with Crippen molar-refractivity contribution >= 4 is 5.91 Å². The van der Waals surface area contributed by atoms with Gasteiger partial charge >= 0.3 is 0 Å². The second-order valence-electron chi connectivity index (χ2n) is 8.03. The summed E-state index contributed by atoms with van der Waals surface area (Å²) in [5.74, 6) is 1.72. The van der Waals surface area contributed by atoms with Crippen molar-refractivity contribution in [2.24, 2.45) is 5.92 Å². The van der Waals surface area contributed by atoms with E-state index in [0.717, 1.165) is 38.2 Å². The minimum Gasteiger partial charge on any atom is -0.345 e. The lowest BCUT2D eigenvalue weighted by Crippen LogP contribution is -2.33. The molecule has 0 spiro atoms. The fraction of sp³-hybridized carbons (Fsp3) is 0.375. The van der Waals surface area contributed by atoms with E-state index in [2.05, 4.69) is 39.3 Å². The topological polar surface area (TPSA) is 62.5 Å². The first-order valence-corrected chi connectivity index (χ1v) is 10.6. The van der Waals surface area contributed by atoms with Gasteiger partial charge in [-0.1, -0.05) is 65.8 Å². The van der Waals surface area contributed by atoms with Gasteiger partial charge in [0, 0.05) is 45.1 Å². The fourth-order valence-corrected chi connectivity index (χ4v) is 4.00. The lowest BCUT2D eigenvalue weighted by Gasteiger charge is -2.22. The highest BCUT2D eigenvalue weighted by molar-refractivity contribution is 5.76. The minimum absolute atomic E-state index is 0.121. The van der Waals surface area contributed by atoms with E-state index < -0.39 is 0 Å². The summed E-state index contributed by atoms with van der Waals surface area (Å²) in [6.07, 6.45) is 1.98. The number of hydrogen-bond acceptors (Lipinski definition) is 5. The standard InChI is InChI=1S/C24H28N4O2/c1-27(16-20-14-15-28(18-20)17-19-8-4-2-5-9-19)23(29)13-12-22-25-24(26-30-22)21-10-6-3-7-11-21/h2-11,20H,12-18H2,1H3/t20-/m0/s1. The maximum atomic E-state index is 12.6. The monoisotopic (exact) mass is 404 g/mol. The normalized spacial score (nSPS) is 16.6. The third-order valence-corrected chi connectivity index (χ3v) is 5.63. The average Bonchev–Trinajstić information content (AvgIpc) is 3.43. The van der Waals surface area contributed by atoms with Crippen LogP contribution in [0.1, 0.15) is 24.3 Å². The van der Waals surface area contributed by atoms with Crippen molar-refractivity contribution < 1.29 is 9.32 Å². The predicted octanol–water partition coefficient (Wildman–Crippen LogP) is 3.65. The number of carbonyl (C=O) groups excluding carboxylic acids is 1. The lowest BCUT2D eigenvalue weighted by molar-refractivity contribution is -0.130. The molecule has 0 saturated carbocycles. The van der Waals surface area contributed by atoms with Crippen molar-refractivity contribution in [1.82, 2.24) is 19.9 Å². The van der Waals surface area contributed by atoms with Gasteiger partial charge in [-0.25, -0.2) is 0 Å². The van der Waals surface area contributed by atoms with Crippen LogP contribution in [0.4, 0.5) is 0 Å². The van der Waals surface area contributed by atoms with Crippen LogP contribution >= 0.6 is 0 Å². The molecular weight excluding hydrogens is 376 g/mol. The highest BCUT2D eigenvalue weighted by atomic mass is 16.5. The zero-order valence-corrected chi connectivity index (χ0v) is 17.4. The van der Waals surface area contributed by atoms with Crippen molar-refractivity contribution in [3.8, 4) is 11.4 Å². The van der Waals surface area contributed by atoms with Gasteiger partial charge in [-0.2, -0.15) is 4.98 Å². The highest BCUT2D eigenvalue weighted by Crippen LogP contribution is 2.20. The molecule has 156 valence electrons. The number of aromatic nitrogens is 2. The van der Waals surface area contributed by atoms with E-state index in [9.17, 15) is 4.79 Å². The van der Waals surface area contributed by atoms with Gasteiger partial charge in [0.15, 0.2) is 0 Å². The Morgan fingerprint density at radius 2 is 1.87 bits per heavy atom. The average molecular weight is 405 g/mol. The van der Waals surface area contributed by atoms with Gasteiger partial charge in [-0.15, -0.1) is 0 Å². The quantitative estimate of drug-likeness (QED) is 0.573. The van der Waals surface area contributed by atoms with Gasteiger partial charge in [-0.05, 0) is 24.4 Å². The molecule has 0 N–H and O–H groups in total. The van der Waals surface area contributed by atoms with E-state index in [-0.39, 0.29) is 5.91 Å². The van der Waals surface area contributed by atoms with E-state index >= 15 is 0 Å². The molecule has 1 fully saturated rings. The SMILES string of the molecule is CN(C[C@@H]1CCN(Cc2ccccc2)C1)C(=O)CCc1nc(-c2ccccc2)no1.